The summed E-state index contributed by atoms with van der Waals surface area (Å²) >= 11 is 6.23. The third-order valence-electron chi connectivity index (χ3n) is 8.20. The molecule has 0 radical (unpaired) electrons. The summed E-state index contributed by atoms with van der Waals surface area (Å²) in [6.45, 7) is 9.18. The average Bonchev–Trinajstić information content (AvgIpc) is 3.12. The molecule has 1 fully saturated rings. The molecule has 0 unspecified atom stereocenters. The van der Waals surface area contributed by atoms with Gasteiger partial charge in [0.1, 0.15) is 11.5 Å². The maximum absolute atomic E-state index is 14.1. The molecule has 2 aliphatic heterocycles. The molecule has 2 aliphatic rings. The first kappa shape index (κ1) is 36.6. The summed E-state index contributed by atoms with van der Waals surface area (Å²) in [5.74, 6) is -5.38. The molecule has 10 nitrogen and oxygen atoms in total. The fourth-order valence-corrected chi connectivity index (χ4v) is 6.53. The van der Waals surface area contributed by atoms with Crippen molar-refractivity contribution in [3.05, 3.63) is 149 Å². The minimum Gasteiger partial charge on any atom is -0.344 e. The molecule has 5 rings (SSSR count). The summed E-state index contributed by atoms with van der Waals surface area (Å²) in [4.78, 5) is 74.5. The molecular weight excluding hydrogens is 683 g/mol. The lowest BCUT2D eigenvalue weighted by Gasteiger charge is -2.32. The van der Waals surface area contributed by atoms with Gasteiger partial charge in [0.05, 0.1) is 17.5 Å². The standard InChI is InChI=1S/C39H35N5O5S2/c1-5-7-18-28(6-2)44-37(49)31(22-30-34(46)41-38(50)43(36(30)48)29-20-19-24(3)25(4)21-29)35(47)42-39(44)51-23-32(45)40-33(26-14-10-8-11-15-26)27-16-12-9-13-17-27/h5-22,30,33H,1,23H2,2-4H3,(H,40,45)(H,41,46,50)/b18-7-,28-6+,31-22-/t30-/m1/s1. The Balaban J connectivity index is 1.44. The molecule has 0 spiro atoms. The van der Waals surface area contributed by atoms with Crippen LogP contribution < -0.4 is 15.5 Å². The minimum absolute atomic E-state index is 0.0487. The highest BCUT2D eigenvalue weighted by atomic mass is 32.2. The second kappa shape index (κ2) is 16.3. The summed E-state index contributed by atoms with van der Waals surface area (Å²) in [5.41, 5.74) is 3.93. The summed E-state index contributed by atoms with van der Waals surface area (Å²) in [5, 5.41) is 5.40. The molecule has 0 saturated carbocycles. The predicted molar refractivity (Wildman–Crippen MR) is 203 cm³/mol. The number of benzene rings is 3. The van der Waals surface area contributed by atoms with Gasteiger partial charge in [0, 0.05) is 5.70 Å². The Bertz CT molecular complexity index is 2000. The number of aryl methyl sites for hydroxylation is 2. The van der Waals surface area contributed by atoms with E-state index >= 15 is 0 Å². The Hall–Kier alpha value is -5.72. The molecule has 12 heteroatoms. The lowest BCUT2D eigenvalue weighted by Crippen LogP contribution is -2.58. The maximum atomic E-state index is 14.1. The van der Waals surface area contributed by atoms with Gasteiger partial charge >= 0.3 is 0 Å². The summed E-state index contributed by atoms with van der Waals surface area (Å²) in [6, 6.07) is 23.8. The molecule has 2 N–H and O–H groups in total. The molecule has 0 aliphatic carbocycles. The first-order valence-corrected chi connectivity index (χ1v) is 17.4. The van der Waals surface area contributed by atoms with E-state index in [9.17, 15) is 24.0 Å². The number of aliphatic imine (C=N–C) groups is 1. The van der Waals surface area contributed by atoms with Gasteiger partial charge in [-0.15, -0.1) is 0 Å². The molecule has 1 saturated heterocycles. The number of carbonyl (C=O) groups excluding carboxylic acids is 5. The fraction of sp³-hybridized carbons (Fsp3) is 0.154. The number of nitrogens with one attached hydrogen (secondary N) is 2. The molecule has 0 bridgehead atoms. The van der Waals surface area contributed by atoms with Crippen molar-refractivity contribution >= 4 is 69.5 Å². The van der Waals surface area contributed by atoms with E-state index in [1.807, 2.05) is 80.6 Å². The van der Waals surface area contributed by atoms with Gasteiger partial charge in [0.25, 0.3) is 11.8 Å². The van der Waals surface area contributed by atoms with Crippen LogP contribution >= 0.6 is 24.0 Å². The number of allylic oxidation sites excluding steroid dienone is 4. The van der Waals surface area contributed by atoms with E-state index in [0.717, 1.165) is 40.1 Å². The largest absolute Gasteiger partial charge is 0.344 e. The second-order valence-corrected chi connectivity index (χ2v) is 12.9. The van der Waals surface area contributed by atoms with Gasteiger partial charge in [-0.05, 0) is 79.5 Å². The molecule has 3 aromatic rings. The average molecular weight is 718 g/mol. The van der Waals surface area contributed by atoms with Crippen molar-refractivity contribution in [2.75, 3.05) is 10.7 Å². The van der Waals surface area contributed by atoms with E-state index in [0.29, 0.717) is 11.4 Å². The molecule has 1 atom stereocenters. The number of hydrogen-bond acceptors (Lipinski definition) is 7. The van der Waals surface area contributed by atoms with Crippen LogP contribution in [0.25, 0.3) is 0 Å². The van der Waals surface area contributed by atoms with E-state index in [1.165, 1.54) is 15.9 Å². The third kappa shape index (κ3) is 8.19. The Kier molecular flexibility index (Phi) is 11.7. The Morgan fingerprint density at radius 3 is 2.24 bits per heavy atom. The van der Waals surface area contributed by atoms with Crippen molar-refractivity contribution in [1.82, 2.24) is 15.5 Å². The minimum atomic E-state index is -1.55. The van der Waals surface area contributed by atoms with Gasteiger partial charge in [-0.2, -0.15) is 4.99 Å². The van der Waals surface area contributed by atoms with E-state index in [2.05, 4.69) is 22.2 Å². The molecule has 51 heavy (non-hydrogen) atoms. The van der Waals surface area contributed by atoms with Crippen LogP contribution in [0.4, 0.5) is 5.69 Å². The quantitative estimate of drug-likeness (QED) is 0.0919. The van der Waals surface area contributed by atoms with Crippen LogP contribution in [0.5, 0.6) is 0 Å². The first-order chi connectivity index (χ1) is 24.5. The zero-order valence-electron chi connectivity index (χ0n) is 28.2. The van der Waals surface area contributed by atoms with Crippen molar-refractivity contribution in [2.45, 2.75) is 26.8 Å². The number of amidine groups is 1. The van der Waals surface area contributed by atoms with Crippen LogP contribution in [0.15, 0.2) is 132 Å². The summed E-state index contributed by atoms with van der Waals surface area (Å²) < 4.78 is 0. The van der Waals surface area contributed by atoms with Gasteiger partial charge in [0.2, 0.25) is 17.7 Å². The van der Waals surface area contributed by atoms with Gasteiger partial charge < -0.3 is 10.6 Å². The van der Waals surface area contributed by atoms with Crippen molar-refractivity contribution in [3.8, 4) is 0 Å². The van der Waals surface area contributed by atoms with Crippen LogP contribution in [0, 0.1) is 19.8 Å². The normalized spacial score (nSPS) is 17.7. The monoisotopic (exact) mass is 717 g/mol. The molecule has 0 aromatic heterocycles. The number of nitrogens with zero attached hydrogens (tertiary/aromatic N) is 3. The van der Waals surface area contributed by atoms with Crippen molar-refractivity contribution in [1.29, 1.82) is 0 Å². The number of hydrogen-bond donors (Lipinski definition) is 2. The van der Waals surface area contributed by atoms with Gasteiger partial charge in [0.15, 0.2) is 10.3 Å². The van der Waals surface area contributed by atoms with Gasteiger partial charge in [-0.25, -0.2) is 0 Å². The fourth-order valence-electron chi connectivity index (χ4n) is 5.43. The molecule has 258 valence electrons. The Morgan fingerprint density at radius 1 is 1.00 bits per heavy atom. The Labute approximate surface area is 305 Å². The second-order valence-electron chi connectivity index (χ2n) is 11.6. The zero-order valence-corrected chi connectivity index (χ0v) is 29.8. The number of amides is 5. The summed E-state index contributed by atoms with van der Waals surface area (Å²) in [6.07, 6.45) is 7.36. The number of thioether (sulfide) groups is 1. The third-order valence-corrected chi connectivity index (χ3v) is 9.42. The maximum Gasteiger partial charge on any atom is 0.284 e. The van der Waals surface area contributed by atoms with Crippen LogP contribution in [0.3, 0.4) is 0 Å². The van der Waals surface area contributed by atoms with Crippen molar-refractivity contribution in [2.24, 2.45) is 10.9 Å². The Morgan fingerprint density at radius 2 is 1.65 bits per heavy atom. The molecule has 5 amide bonds. The van der Waals surface area contributed by atoms with Gasteiger partial charge in [-0.1, -0.05) is 103 Å². The van der Waals surface area contributed by atoms with E-state index in [-0.39, 0.29) is 21.9 Å². The number of anilines is 1. The van der Waals surface area contributed by atoms with Crippen LogP contribution in [0.1, 0.15) is 35.2 Å². The molecule has 3 aromatic carbocycles. The van der Waals surface area contributed by atoms with E-state index in [1.54, 1.807) is 37.3 Å². The first-order valence-electron chi connectivity index (χ1n) is 16.0. The topological polar surface area (TPSA) is 128 Å². The highest BCUT2D eigenvalue weighted by Crippen LogP contribution is 2.29. The van der Waals surface area contributed by atoms with Gasteiger partial charge in [-0.3, -0.25) is 33.8 Å². The van der Waals surface area contributed by atoms with Crippen molar-refractivity contribution < 1.29 is 24.0 Å². The molecule has 2 heterocycles. The highest BCUT2D eigenvalue weighted by molar-refractivity contribution is 8.14. The zero-order chi connectivity index (χ0) is 36.7. The van der Waals surface area contributed by atoms with E-state index in [4.69, 9.17) is 12.2 Å². The van der Waals surface area contributed by atoms with Crippen LogP contribution in [0.2, 0.25) is 0 Å². The van der Waals surface area contributed by atoms with Crippen LogP contribution in [-0.4, -0.2) is 50.5 Å². The van der Waals surface area contributed by atoms with Crippen molar-refractivity contribution in [3.63, 3.8) is 0 Å². The SMILES string of the molecule is C=C/C=C\C(=C/C)N1C(=O)/C(=C\[C@@H]2C(=O)NC(=S)N(c3ccc(C)c(C)c3)C2=O)C(=O)N=C1SCC(=O)NC(c1ccccc1)c1ccccc1. The van der Waals surface area contributed by atoms with E-state index < -0.39 is 41.2 Å². The van der Waals surface area contributed by atoms with Crippen LogP contribution in [-0.2, 0) is 24.0 Å². The smallest absolute Gasteiger partial charge is 0.284 e. The number of carbonyl (C=O) groups is 5. The predicted octanol–water partition coefficient (Wildman–Crippen LogP) is 5.60. The number of rotatable bonds is 10. The highest BCUT2D eigenvalue weighted by Gasteiger charge is 2.42. The molecular formula is C39H35N5O5S2. The lowest BCUT2D eigenvalue weighted by molar-refractivity contribution is -0.131. The lowest BCUT2D eigenvalue weighted by atomic mass is 9.98. The summed E-state index contributed by atoms with van der Waals surface area (Å²) in [7, 11) is 0. The number of thiocarbonyl (C=S) groups is 1.